The summed E-state index contributed by atoms with van der Waals surface area (Å²) in [5.41, 5.74) is 2.10. The summed E-state index contributed by atoms with van der Waals surface area (Å²) >= 11 is 1.54. The summed E-state index contributed by atoms with van der Waals surface area (Å²) < 4.78 is 1.03. The van der Waals surface area contributed by atoms with Crippen LogP contribution in [-0.4, -0.2) is 65.7 Å². The lowest BCUT2D eigenvalue weighted by Crippen LogP contribution is -2.40. The predicted molar refractivity (Wildman–Crippen MR) is 140 cm³/mol. The van der Waals surface area contributed by atoms with Gasteiger partial charge in [0.05, 0.1) is 39.4 Å². The van der Waals surface area contributed by atoms with Gasteiger partial charge in [-0.25, -0.2) is 9.97 Å². The Morgan fingerprint density at radius 3 is 2.51 bits per heavy atom. The van der Waals surface area contributed by atoms with E-state index >= 15 is 0 Å². The van der Waals surface area contributed by atoms with Gasteiger partial charge in [-0.05, 0) is 46.6 Å². The third-order valence-corrected chi connectivity index (χ3v) is 7.81. The number of hydrogen-bond acceptors (Lipinski definition) is 10. The second kappa shape index (κ2) is 10.3. The zero-order valence-electron chi connectivity index (χ0n) is 21.0. The van der Waals surface area contributed by atoms with E-state index in [-0.39, 0.29) is 0 Å². The van der Waals surface area contributed by atoms with E-state index in [2.05, 4.69) is 22.5 Å². The highest BCUT2D eigenvalue weighted by Crippen LogP contribution is 2.40. The molecular formula is C25H36N6O3S. The Kier molecular flexibility index (Phi) is 7.56. The van der Waals surface area contributed by atoms with E-state index in [1.807, 2.05) is 19.9 Å². The first kappa shape index (κ1) is 25.7. The lowest BCUT2D eigenvalue weighted by atomic mass is 9.88. The molecular weight excluding hydrogens is 464 g/mol. The summed E-state index contributed by atoms with van der Waals surface area (Å²) in [6.07, 6.45) is 3.37. The molecule has 0 saturated heterocycles. The third kappa shape index (κ3) is 5.40. The molecule has 1 fully saturated rings. The number of fused-ring (bicyclic) bond motifs is 1. The van der Waals surface area contributed by atoms with E-state index < -0.39 is 29.8 Å². The summed E-state index contributed by atoms with van der Waals surface area (Å²) in [7, 11) is 0. The van der Waals surface area contributed by atoms with E-state index in [1.54, 1.807) is 31.4 Å². The molecule has 0 aliphatic heterocycles. The summed E-state index contributed by atoms with van der Waals surface area (Å²) in [5.74, 6) is 0.591. The van der Waals surface area contributed by atoms with Gasteiger partial charge >= 0.3 is 0 Å². The molecule has 0 radical (unpaired) electrons. The van der Waals surface area contributed by atoms with Crippen LogP contribution in [0.4, 0.5) is 11.8 Å². The fourth-order valence-electron chi connectivity index (χ4n) is 4.73. The van der Waals surface area contributed by atoms with Crippen molar-refractivity contribution < 1.29 is 15.3 Å². The van der Waals surface area contributed by atoms with Crippen LogP contribution >= 0.6 is 11.3 Å². The van der Waals surface area contributed by atoms with E-state index in [9.17, 15) is 15.3 Å². The normalized spacial score (nSPS) is 22.6. The monoisotopic (exact) mass is 500 g/mol. The maximum Gasteiger partial charge on any atom is 0.224 e. The maximum atomic E-state index is 10.8. The van der Waals surface area contributed by atoms with E-state index in [1.165, 1.54) is 0 Å². The van der Waals surface area contributed by atoms with Gasteiger partial charge < -0.3 is 26.0 Å². The first-order valence-electron chi connectivity index (χ1n) is 12.3. The number of pyridine rings is 1. The molecule has 4 rings (SSSR count). The Morgan fingerprint density at radius 1 is 1.09 bits per heavy atom. The number of unbranched alkanes of at least 4 members (excludes halogenated alkanes) is 2. The number of aliphatic hydroxyl groups excluding tert-OH is 2. The molecule has 0 spiro atoms. The number of thiazole rings is 1. The highest BCUT2D eigenvalue weighted by atomic mass is 32.1. The second-order valence-corrected chi connectivity index (χ2v) is 11.0. The minimum Gasteiger partial charge on any atom is -0.390 e. The third-order valence-electron chi connectivity index (χ3n) is 6.77. The van der Waals surface area contributed by atoms with Gasteiger partial charge in [-0.3, -0.25) is 4.98 Å². The standard InChI is InChI=1S/C25H36N6O3S/c1-6-7-8-10-27-24-28-13(2)18(23-30-19-14(3)26-11-9-17(19)35-23)22(31-24)29-16-12-15(25(4,5)34)20(32)21(16)33/h9,11,15-16,20-21,32-34H,6-8,10,12H2,1-5H3,(H2,27,28,29,31)/t15-,16?,20+,21-/m0/s1. The Balaban J connectivity index is 1.72. The van der Waals surface area contributed by atoms with E-state index in [0.717, 1.165) is 58.0 Å². The Morgan fingerprint density at radius 2 is 1.86 bits per heavy atom. The fourth-order valence-corrected chi connectivity index (χ4v) is 5.84. The maximum absolute atomic E-state index is 10.8. The number of nitrogens with zero attached hydrogens (tertiary/aromatic N) is 4. The molecule has 3 heterocycles. The van der Waals surface area contributed by atoms with Crippen LogP contribution in [0.2, 0.25) is 0 Å². The molecule has 35 heavy (non-hydrogen) atoms. The van der Waals surface area contributed by atoms with E-state index in [0.29, 0.717) is 18.2 Å². The molecule has 4 atom stereocenters. The van der Waals surface area contributed by atoms with Gasteiger partial charge in [0.25, 0.3) is 0 Å². The first-order valence-corrected chi connectivity index (χ1v) is 13.1. The smallest absolute Gasteiger partial charge is 0.224 e. The van der Waals surface area contributed by atoms with Crippen LogP contribution in [0.15, 0.2) is 12.3 Å². The van der Waals surface area contributed by atoms with Crippen molar-refractivity contribution in [2.75, 3.05) is 17.2 Å². The van der Waals surface area contributed by atoms with Gasteiger partial charge in [-0.2, -0.15) is 4.98 Å². The zero-order valence-corrected chi connectivity index (χ0v) is 21.9. The van der Waals surface area contributed by atoms with Gasteiger partial charge in [0.15, 0.2) is 0 Å². The van der Waals surface area contributed by atoms with Gasteiger partial charge in [-0.15, -0.1) is 11.3 Å². The largest absolute Gasteiger partial charge is 0.390 e. The van der Waals surface area contributed by atoms with Crippen molar-refractivity contribution in [3.8, 4) is 10.6 Å². The number of hydrogen-bond donors (Lipinski definition) is 5. The molecule has 1 aliphatic rings. The minimum absolute atomic E-state index is 0.399. The first-order chi connectivity index (χ1) is 16.6. The van der Waals surface area contributed by atoms with Crippen LogP contribution in [0.5, 0.6) is 0 Å². The van der Waals surface area contributed by atoms with Crippen molar-refractivity contribution in [3.63, 3.8) is 0 Å². The van der Waals surface area contributed by atoms with Gasteiger partial charge in [0, 0.05) is 18.7 Å². The van der Waals surface area contributed by atoms with Gasteiger partial charge in [0.2, 0.25) is 5.95 Å². The highest BCUT2D eigenvalue weighted by Gasteiger charge is 2.48. The molecule has 0 bridgehead atoms. The minimum atomic E-state index is -1.12. The molecule has 10 heteroatoms. The lowest BCUT2D eigenvalue weighted by molar-refractivity contribution is -0.0601. The van der Waals surface area contributed by atoms with Gasteiger partial charge in [0.1, 0.15) is 22.4 Å². The number of anilines is 2. The Hall–Kier alpha value is -2.40. The number of rotatable bonds is 9. The molecule has 0 amide bonds. The average Bonchev–Trinajstić information content (AvgIpc) is 3.34. The summed E-state index contributed by atoms with van der Waals surface area (Å²) in [4.78, 5) is 18.7. The zero-order chi connectivity index (χ0) is 25.3. The van der Waals surface area contributed by atoms with Crippen LogP contribution in [0.3, 0.4) is 0 Å². The second-order valence-electron chi connectivity index (χ2n) is 9.98. The molecule has 3 aromatic heterocycles. The molecule has 1 saturated carbocycles. The lowest BCUT2D eigenvalue weighted by Gasteiger charge is -2.28. The van der Waals surface area contributed by atoms with Crippen LogP contribution in [0.1, 0.15) is 57.8 Å². The van der Waals surface area contributed by atoms with Gasteiger partial charge in [-0.1, -0.05) is 19.8 Å². The molecule has 0 aromatic carbocycles. The highest BCUT2D eigenvalue weighted by molar-refractivity contribution is 7.21. The molecule has 9 nitrogen and oxygen atoms in total. The van der Waals surface area contributed by atoms with E-state index in [4.69, 9.17) is 15.0 Å². The number of aryl methyl sites for hydroxylation is 2. The van der Waals surface area contributed by atoms with Crippen molar-refractivity contribution >= 4 is 33.3 Å². The summed E-state index contributed by atoms with van der Waals surface area (Å²) in [5, 5.41) is 39.4. The van der Waals surface area contributed by atoms with Crippen LogP contribution < -0.4 is 10.6 Å². The van der Waals surface area contributed by atoms with Crippen LogP contribution in [0, 0.1) is 19.8 Å². The van der Waals surface area contributed by atoms with Crippen molar-refractivity contribution in [1.29, 1.82) is 0 Å². The molecule has 5 N–H and O–H groups in total. The number of aromatic nitrogens is 4. The van der Waals surface area contributed by atoms with Crippen molar-refractivity contribution in [1.82, 2.24) is 19.9 Å². The molecule has 1 aliphatic carbocycles. The SMILES string of the molecule is CCCCCNc1nc(C)c(-c2nc3c(C)nccc3s2)c(NC2C[C@H](C(C)(C)O)[C@@H](O)[C@H]2O)n1. The van der Waals surface area contributed by atoms with Crippen LogP contribution in [-0.2, 0) is 0 Å². The quantitative estimate of drug-likeness (QED) is 0.279. The molecule has 1 unspecified atom stereocenters. The van der Waals surface area contributed by atoms with Crippen molar-refractivity contribution in [2.45, 2.75) is 84.2 Å². The summed E-state index contributed by atoms with van der Waals surface area (Å²) in [6.45, 7) is 10.1. The van der Waals surface area contributed by atoms with Crippen LogP contribution in [0.25, 0.3) is 20.8 Å². The van der Waals surface area contributed by atoms with Crippen molar-refractivity contribution in [2.24, 2.45) is 5.92 Å². The predicted octanol–water partition coefficient (Wildman–Crippen LogP) is 3.66. The summed E-state index contributed by atoms with van der Waals surface area (Å²) in [6, 6.07) is 1.46. The molecule has 190 valence electrons. The Labute approximate surface area is 210 Å². The fraction of sp³-hybridized carbons (Fsp3) is 0.600. The Bertz CT molecular complexity index is 1180. The number of aliphatic hydroxyl groups is 3. The number of nitrogens with one attached hydrogen (secondary N) is 2. The average molecular weight is 501 g/mol. The topological polar surface area (TPSA) is 136 Å². The van der Waals surface area contributed by atoms with Crippen molar-refractivity contribution in [3.05, 3.63) is 23.7 Å². The molecule has 3 aromatic rings.